The number of amides is 3. The largest absolute Gasteiger partial charge is 0.457 e. The molecule has 0 radical (unpaired) electrons. The topological polar surface area (TPSA) is 61.9 Å². The highest BCUT2D eigenvalue weighted by Gasteiger charge is 2.41. The summed E-state index contributed by atoms with van der Waals surface area (Å²) in [6.45, 7) is 3.43. The van der Waals surface area contributed by atoms with E-state index in [-0.39, 0.29) is 30.6 Å². The number of nitrogens with one attached hydrogen (secondary N) is 1. The molecule has 3 amide bonds. The number of benzene rings is 2. The first kappa shape index (κ1) is 19.5. The molecule has 2 atom stereocenters. The Balaban J connectivity index is 1.42. The maximum absolute atomic E-state index is 13.0. The van der Waals surface area contributed by atoms with Crippen LogP contribution in [0, 0.1) is 0 Å². The molecule has 2 aliphatic rings. The number of para-hydroxylation sites is 1. The van der Waals surface area contributed by atoms with Crippen LogP contribution in [0.25, 0.3) is 0 Å². The zero-order valence-electron chi connectivity index (χ0n) is 16.7. The minimum atomic E-state index is -0.204. The minimum Gasteiger partial charge on any atom is -0.457 e. The number of urea groups is 1. The van der Waals surface area contributed by atoms with Gasteiger partial charge in [-0.25, -0.2) is 4.79 Å². The van der Waals surface area contributed by atoms with E-state index in [2.05, 4.69) is 5.32 Å². The number of piperidine rings is 1. The van der Waals surface area contributed by atoms with Gasteiger partial charge in [0.05, 0.1) is 6.04 Å². The molecule has 2 saturated heterocycles. The van der Waals surface area contributed by atoms with Crippen LogP contribution in [0.1, 0.15) is 31.7 Å². The second-order valence-electron chi connectivity index (χ2n) is 7.76. The van der Waals surface area contributed by atoms with E-state index >= 15 is 0 Å². The molecule has 2 fully saturated rings. The summed E-state index contributed by atoms with van der Waals surface area (Å²) in [4.78, 5) is 28.6. The Bertz CT molecular complexity index is 865. The Hall–Kier alpha value is -2.86. The third-order valence-electron chi connectivity index (χ3n) is 5.66. The van der Waals surface area contributed by atoms with E-state index in [1.54, 1.807) is 4.90 Å². The van der Waals surface area contributed by atoms with E-state index in [1.807, 2.05) is 61.5 Å². The molecule has 152 valence electrons. The van der Waals surface area contributed by atoms with Gasteiger partial charge in [0, 0.05) is 12.6 Å². The van der Waals surface area contributed by atoms with Gasteiger partial charge in [-0.15, -0.1) is 0 Å². The van der Waals surface area contributed by atoms with Gasteiger partial charge in [-0.2, -0.15) is 0 Å². The van der Waals surface area contributed by atoms with Gasteiger partial charge < -0.3 is 15.0 Å². The first-order valence-electron chi connectivity index (χ1n) is 10.3. The number of carbonyl (C=O) groups excluding carboxylic acids is 2. The quantitative estimate of drug-likeness (QED) is 0.759. The highest BCUT2D eigenvalue weighted by atomic mass is 16.5. The number of nitrogens with zero attached hydrogens (tertiary/aromatic N) is 2. The molecule has 2 aliphatic heterocycles. The van der Waals surface area contributed by atoms with Crippen molar-refractivity contribution in [3.05, 3.63) is 60.2 Å². The summed E-state index contributed by atoms with van der Waals surface area (Å²) in [5.74, 6) is 1.35. The third-order valence-corrected chi connectivity index (χ3v) is 5.66. The Labute approximate surface area is 171 Å². The van der Waals surface area contributed by atoms with E-state index in [1.165, 1.54) is 4.90 Å². The van der Waals surface area contributed by atoms with Crippen LogP contribution in [-0.2, 0) is 11.3 Å². The Morgan fingerprint density at radius 3 is 2.62 bits per heavy atom. The lowest BCUT2D eigenvalue weighted by Gasteiger charge is -2.33. The van der Waals surface area contributed by atoms with E-state index in [0.717, 1.165) is 37.1 Å². The van der Waals surface area contributed by atoms with Crippen molar-refractivity contribution in [3.8, 4) is 11.5 Å². The molecule has 2 aromatic carbocycles. The van der Waals surface area contributed by atoms with Crippen LogP contribution < -0.4 is 10.1 Å². The molecule has 2 unspecified atom stereocenters. The lowest BCUT2D eigenvalue weighted by molar-refractivity contribution is -0.127. The molecule has 6 heteroatoms. The lowest BCUT2D eigenvalue weighted by atomic mass is 9.98. The normalized spacial score (nSPS) is 20.8. The second kappa shape index (κ2) is 8.66. The molecule has 2 aromatic rings. The summed E-state index contributed by atoms with van der Waals surface area (Å²) in [5, 5.41) is 3.45. The number of hydrogen-bond donors (Lipinski definition) is 1. The third kappa shape index (κ3) is 4.43. The summed E-state index contributed by atoms with van der Waals surface area (Å²) in [7, 11) is 0. The van der Waals surface area contributed by atoms with Gasteiger partial charge in [0.25, 0.3) is 5.91 Å². The molecule has 4 rings (SSSR count). The van der Waals surface area contributed by atoms with Crippen LogP contribution >= 0.6 is 0 Å². The number of rotatable bonds is 6. The number of imide groups is 1. The van der Waals surface area contributed by atoms with Crippen molar-refractivity contribution in [1.29, 1.82) is 0 Å². The second-order valence-corrected chi connectivity index (χ2v) is 7.76. The van der Waals surface area contributed by atoms with Gasteiger partial charge >= 0.3 is 6.03 Å². The van der Waals surface area contributed by atoms with Crippen LogP contribution in [-0.4, -0.2) is 46.9 Å². The average molecular weight is 393 g/mol. The van der Waals surface area contributed by atoms with Crippen LogP contribution in [0.3, 0.4) is 0 Å². The highest BCUT2D eigenvalue weighted by molar-refractivity contribution is 6.02. The summed E-state index contributed by atoms with van der Waals surface area (Å²) < 4.78 is 5.88. The van der Waals surface area contributed by atoms with Crippen LogP contribution in [0.4, 0.5) is 4.79 Å². The molecule has 0 aromatic heterocycles. The lowest BCUT2D eigenvalue weighted by Crippen LogP contribution is -2.52. The maximum Gasteiger partial charge on any atom is 0.327 e. The van der Waals surface area contributed by atoms with E-state index in [4.69, 9.17) is 4.74 Å². The SMILES string of the molecule is CC(C1CCCCN1)N1C(=O)CN(Cc2cccc(Oc3ccccc3)c2)C1=O. The minimum absolute atomic E-state index is 0.119. The van der Waals surface area contributed by atoms with Crippen molar-refractivity contribution in [2.45, 2.75) is 44.8 Å². The molecule has 0 saturated carbocycles. The first-order valence-corrected chi connectivity index (χ1v) is 10.3. The zero-order valence-corrected chi connectivity index (χ0v) is 16.7. The zero-order chi connectivity index (χ0) is 20.2. The van der Waals surface area contributed by atoms with E-state index in [9.17, 15) is 9.59 Å². The Morgan fingerprint density at radius 1 is 1.07 bits per heavy atom. The first-order chi connectivity index (χ1) is 14.1. The van der Waals surface area contributed by atoms with Crippen LogP contribution in [0.15, 0.2) is 54.6 Å². The fourth-order valence-corrected chi connectivity index (χ4v) is 4.11. The molecule has 2 heterocycles. The van der Waals surface area contributed by atoms with Gasteiger partial charge in [-0.05, 0) is 56.1 Å². The van der Waals surface area contributed by atoms with Crippen molar-refractivity contribution >= 4 is 11.9 Å². The Kier molecular flexibility index (Phi) is 5.81. The molecular formula is C23H27N3O3. The number of ether oxygens (including phenoxy) is 1. The monoisotopic (exact) mass is 393 g/mol. The molecule has 6 nitrogen and oxygen atoms in total. The maximum atomic E-state index is 13.0. The van der Waals surface area contributed by atoms with Crippen molar-refractivity contribution < 1.29 is 14.3 Å². The summed E-state index contributed by atoms with van der Waals surface area (Å²) in [6.07, 6.45) is 3.28. The predicted octanol–water partition coefficient (Wildman–Crippen LogP) is 3.77. The molecular weight excluding hydrogens is 366 g/mol. The van der Waals surface area contributed by atoms with Gasteiger partial charge in [-0.1, -0.05) is 36.8 Å². The number of carbonyl (C=O) groups is 2. The smallest absolute Gasteiger partial charge is 0.327 e. The van der Waals surface area contributed by atoms with Gasteiger partial charge in [0.2, 0.25) is 0 Å². The summed E-state index contributed by atoms with van der Waals surface area (Å²) in [6, 6.07) is 17.1. The number of hydrogen-bond acceptors (Lipinski definition) is 4. The summed E-state index contributed by atoms with van der Waals surface area (Å²) >= 11 is 0. The molecule has 1 N–H and O–H groups in total. The van der Waals surface area contributed by atoms with E-state index in [0.29, 0.717) is 12.3 Å². The van der Waals surface area contributed by atoms with E-state index < -0.39 is 0 Å². The highest BCUT2D eigenvalue weighted by Crippen LogP contribution is 2.25. The molecule has 29 heavy (non-hydrogen) atoms. The standard InChI is InChI=1S/C23H27N3O3/c1-17(21-12-5-6-13-24-21)26-22(27)16-25(23(26)28)15-18-8-7-11-20(14-18)29-19-9-3-2-4-10-19/h2-4,7-11,14,17,21,24H,5-6,12-13,15-16H2,1H3. The summed E-state index contributed by atoms with van der Waals surface area (Å²) in [5.41, 5.74) is 0.935. The van der Waals surface area contributed by atoms with Crippen molar-refractivity contribution in [3.63, 3.8) is 0 Å². The predicted molar refractivity (Wildman–Crippen MR) is 111 cm³/mol. The van der Waals surface area contributed by atoms with Gasteiger partial charge in [-0.3, -0.25) is 9.69 Å². The van der Waals surface area contributed by atoms with Crippen molar-refractivity contribution in [2.75, 3.05) is 13.1 Å². The van der Waals surface area contributed by atoms with Crippen molar-refractivity contribution in [2.24, 2.45) is 0 Å². The molecule has 0 aliphatic carbocycles. The fourth-order valence-electron chi connectivity index (χ4n) is 4.11. The van der Waals surface area contributed by atoms with Gasteiger partial charge in [0.15, 0.2) is 0 Å². The average Bonchev–Trinajstić information content (AvgIpc) is 3.02. The van der Waals surface area contributed by atoms with Crippen molar-refractivity contribution in [1.82, 2.24) is 15.1 Å². The molecule has 0 bridgehead atoms. The van der Waals surface area contributed by atoms with Gasteiger partial charge in [0.1, 0.15) is 18.0 Å². The van der Waals surface area contributed by atoms with Crippen LogP contribution in [0.2, 0.25) is 0 Å². The molecule has 0 spiro atoms. The van der Waals surface area contributed by atoms with Crippen LogP contribution in [0.5, 0.6) is 11.5 Å². The fraction of sp³-hybridized carbons (Fsp3) is 0.391. The Morgan fingerprint density at radius 2 is 1.86 bits per heavy atom.